The number of hydrogen-bond donors (Lipinski definition) is 2. The maximum Gasteiger partial charge on any atom is 0.270 e. The van der Waals surface area contributed by atoms with Crippen molar-refractivity contribution in [3.8, 4) is 0 Å². The Morgan fingerprint density at radius 2 is 1.96 bits per heavy atom. The molecule has 0 fully saturated rings. The van der Waals surface area contributed by atoms with Gasteiger partial charge in [0.15, 0.2) is 0 Å². The van der Waals surface area contributed by atoms with Gasteiger partial charge < -0.3 is 0 Å². The number of benzene rings is 1. The topological polar surface area (TPSA) is 101 Å². The summed E-state index contributed by atoms with van der Waals surface area (Å²) in [7, 11) is -3.73. The molecule has 7 nitrogen and oxygen atoms in total. The summed E-state index contributed by atoms with van der Waals surface area (Å²) in [5.74, 6) is -0.420. The van der Waals surface area contributed by atoms with Crippen LogP contribution in [0.3, 0.4) is 0 Å². The van der Waals surface area contributed by atoms with E-state index in [0.29, 0.717) is 17.0 Å². The van der Waals surface area contributed by atoms with Gasteiger partial charge in [-0.1, -0.05) is 29.9 Å². The molecule has 1 amide bonds. The molecule has 0 radical (unpaired) electrons. The molecule has 0 aliphatic rings. The molecular formula is C13H15ClN4O3S2. The van der Waals surface area contributed by atoms with E-state index in [-0.39, 0.29) is 15.5 Å². The fraction of sp³-hybridized carbons (Fsp3) is 0.308. The summed E-state index contributed by atoms with van der Waals surface area (Å²) in [6.07, 6.45) is 0.651. The average Bonchev–Trinajstić information content (AvgIpc) is 2.96. The van der Waals surface area contributed by atoms with Crippen molar-refractivity contribution in [3.63, 3.8) is 0 Å². The maximum absolute atomic E-state index is 12.1. The molecule has 23 heavy (non-hydrogen) atoms. The number of nitrogens with one attached hydrogen (secondary N) is 2. The van der Waals surface area contributed by atoms with E-state index in [0.717, 1.165) is 11.3 Å². The molecule has 2 aromatic rings. The number of sulfonamides is 1. The van der Waals surface area contributed by atoms with Crippen LogP contribution in [0.2, 0.25) is 5.02 Å². The molecule has 1 aromatic heterocycles. The number of carbonyl (C=O) groups is 1. The molecule has 2 rings (SSSR count). The summed E-state index contributed by atoms with van der Waals surface area (Å²) < 4.78 is 26.4. The van der Waals surface area contributed by atoms with Crippen molar-refractivity contribution in [3.05, 3.63) is 34.9 Å². The van der Waals surface area contributed by atoms with Gasteiger partial charge in [-0.3, -0.25) is 10.1 Å². The first-order chi connectivity index (χ1) is 10.8. The van der Waals surface area contributed by atoms with Crippen LogP contribution < -0.4 is 10.0 Å². The zero-order valence-corrected chi connectivity index (χ0v) is 14.8. The first kappa shape index (κ1) is 17.8. The van der Waals surface area contributed by atoms with Crippen LogP contribution in [0.15, 0.2) is 28.6 Å². The Balaban J connectivity index is 2.10. The third kappa shape index (κ3) is 4.71. The van der Waals surface area contributed by atoms with Gasteiger partial charge in [0.2, 0.25) is 9.47 Å². The van der Waals surface area contributed by atoms with Crippen molar-refractivity contribution in [2.45, 2.75) is 30.6 Å². The minimum absolute atomic E-state index is 0.106. The van der Waals surface area contributed by atoms with E-state index >= 15 is 0 Å². The Morgan fingerprint density at radius 1 is 1.30 bits per heavy atom. The molecule has 0 aliphatic carbocycles. The first-order valence-corrected chi connectivity index (χ1v) is 9.42. The molecule has 1 atom stereocenters. The predicted molar refractivity (Wildman–Crippen MR) is 89.4 cm³/mol. The third-order valence-corrected chi connectivity index (χ3v) is 5.98. The quantitative estimate of drug-likeness (QED) is 0.756. The standard InChI is InChI=1S/C13H15ClN4O3S2/c1-3-8(2)18-23(20,21)13-17-16-12(22-13)15-11(19)9-4-6-10(14)7-5-9/h4-8,18H,3H2,1-2H3,(H,15,16,19)/t8-/m0/s1. The van der Waals surface area contributed by atoms with Crippen LogP contribution in [0.25, 0.3) is 0 Å². The van der Waals surface area contributed by atoms with E-state index in [1.54, 1.807) is 31.2 Å². The van der Waals surface area contributed by atoms with Gasteiger partial charge in [-0.25, -0.2) is 13.1 Å². The van der Waals surface area contributed by atoms with E-state index in [9.17, 15) is 13.2 Å². The van der Waals surface area contributed by atoms with Crippen LogP contribution in [0.4, 0.5) is 5.13 Å². The van der Waals surface area contributed by atoms with Gasteiger partial charge >= 0.3 is 0 Å². The summed E-state index contributed by atoms with van der Waals surface area (Å²) in [5, 5.41) is 10.4. The van der Waals surface area contributed by atoms with E-state index < -0.39 is 15.9 Å². The van der Waals surface area contributed by atoms with E-state index in [4.69, 9.17) is 11.6 Å². The zero-order valence-electron chi connectivity index (χ0n) is 12.4. The van der Waals surface area contributed by atoms with Gasteiger partial charge in [0.25, 0.3) is 15.9 Å². The van der Waals surface area contributed by atoms with E-state index in [1.165, 1.54) is 0 Å². The van der Waals surface area contributed by atoms with Crippen molar-refractivity contribution in [1.82, 2.24) is 14.9 Å². The van der Waals surface area contributed by atoms with Crippen molar-refractivity contribution in [1.29, 1.82) is 0 Å². The fourth-order valence-electron chi connectivity index (χ4n) is 1.54. The molecule has 1 aromatic carbocycles. The molecule has 0 saturated carbocycles. The van der Waals surface area contributed by atoms with Gasteiger partial charge in [0, 0.05) is 16.6 Å². The van der Waals surface area contributed by atoms with Crippen molar-refractivity contribution < 1.29 is 13.2 Å². The molecule has 0 unspecified atom stereocenters. The molecule has 10 heteroatoms. The molecule has 0 saturated heterocycles. The lowest BCUT2D eigenvalue weighted by atomic mass is 10.2. The average molecular weight is 375 g/mol. The highest BCUT2D eigenvalue weighted by atomic mass is 35.5. The molecule has 0 spiro atoms. The molecule has 0 aliphatic heterocycles. The molecule has 2 N–H and O–H groups in total. The van der Waals surface area contributed by atoms with Crippen LogP contribution in [0.1, 0.15) is 30.6 Å². The number of rotatable bonds is 6. The molecule has 124 valence electrons. The van der Waals surface area contributed by atoms with E-state index in [2.05, 4.69) is 20.2 Å². The minimum atomic E-state index is -3.73. The largest absolute Gasteiger partial charge is 0.296 e. The zero-order chi connectivity index (χ0) is 17.0. The van der Waals surface area contributed by atoms with Crippen LogP contribution in [0, 0.1) is 0 Å². The Bertz CT molecular complexity index is 790. The fourth-order valence-corrected chi connectivity index (χ4v) is 3.90. The lowest BCUT2D eigenvalue weighted by Crippen LogP contribution is -2.31. The molecule has 1 heterocycles. The van der Waals surface area contributed by atoms with Gasteiger partial charge in [-0.05, 0) is 37.6 Å². The summed E-state index contributed by atoms with van der Waals surface area (Å²) >= 11 is 6.55. The summed E-state index contributed by atoms with van der Waals surface area (Å²) in [6, 6.07) is 6.07. The van der Waals surface area contributed by atoms with Gasteiger partial charge in [-0.15, -0.1) is 10.2 Å². The number of anilines is 1. The molecular weight excluding hydrogens is 360 g/mol. The number of halogens is 1. The van der Waals surface area contributed by atoms with Gasteiger partial charge in [-0.2, -0.15) is 0 Å². The maximum atomic E-state index is 12.1. The van der Waals surface area contributed by atoms with Crippen molar-refractivity contribution in [2.24, 2.45) is 0 Å². The Hall–Kier alpha value is -1.55. The third-order valence-electron chi connectivity index (χ3n) is 2.93. The Labute approximate surface area is 143 Å². The van der Waals surface area contributed by atoms with Crippen LogP contribution >= 0.6 is 22.9 Å². The number of amides is 1. The Morgan fingerprint density at radius 3 is 2.57 bits per heavy atom. The summed E-state index contributed by atoms with van der Waals surface area (Å²) in [4.78, 5) is 12.0. The first-order valence-electron chi connectivity index (χ1n) is 6.74. The second-order valence-corrected chi connectivity index (χ2v) is 8.07. The minimum Gasteiger partial charge on any atom is -0.296 e. The second-order valence-electron chi connectivity index (χ2n) is 4.76. The van der Waals surface area contributed by atoms with Crippen molar-refractivity contribution >= 4 is 44.0 Å². The number of nitrogens with zero attached hydrogens (tertiary/aromatic N) is 2. The number of hydrogen-bond acceptors (Lipinski definition) is 6. The second kappa shape index (κ2) is 7.35. The van der Waals surface area contributed by atoms with Gasteiger partial charge in [0.05, 0.1) is 0 Å². The summed E-state index contributed by atoms with van der Waals surface area (Å²) in [5.41, 5.74) is 0.381. The van der Waals surface area contributed by atoms with Gasteiger partial charge in [0.1, 0.15) is 0 Å². The lowest BCUT2D eigenvalue weighted by molar-refractivity contribution is 0.102. The monoisotopic (exact) mass is 374 g/mol. The predicted octanol–water partition coefficient (Wildman–Crippen LogP) is 2.52. The van der Waals surface area contributed by atoms with Crippen LogP contribution in [-0.4, -0.2) is 30.6 Å². The van der Waals surface area contributed by atoms with Crippen molar-refractivity contribution in [2.75, 3.05) is 5.32 Å². The highest BCUT2D eigenvalue weighted by Gasteiger charge is 2.22. The molecule has 0 bridgehead atoms. The SMILES string of the molecule is CC[C@H](C)NS(=O)(=O)c1nnc(NC(=O)c2ccc(Cl)cc2)s1. The number of carbonyl (C=O) groups excluding carboxylic acids is 1. The van der Waals surface area contributed by atoms with E-state index in [1.807, 2.05) is 6.92 Å². The summed E-state index contributed by atoms with van der Waals surface area (Å²) in [6.45, 7) is 3.62. The normalized spacial score (nSPS) is 12.8. The lowest BCUT2D eigenvalue weighted by Gasteiger charge is -2.08. The highest BCUT2D eigenvalue weighted by Crippen LogP contribution is 2.21. The van der Waals surface area contributed by atoms with Crippen LogP contribution in [0.5, 0.6) is 0 Å². The highest BCUT2D eigenvalue weighted by molar-refractivity contribution is 7.91. The smallest absolute Gasteiger partial charge is 0.270 e. The number of aromatic nitrogens is 2. The Kier molecular flexibility index (Phi) is 5.69. The van der Waals surface area contributed by atoms with Crippen LogP contribution in [-0.2, 0) is 10.0 Å².